The van der Waals surface area contributed by atoms with Gasteiger partial charge in [-0.2, -0.15) is 4.99 Å². The molecule has 0 aliphatic heterocycles. The van der Waals surface area contributed by atoms with E-state index in [0.717, 1.165) is 30.5 Å². The Morgan fingerprint density at radius 3 is 1.10 bits per heavy atom. The monoisotopic (exact) mass is 692 g/mol. The number of aryl methyl sites for hydroxylation is 3. The number of hydrogen-bond acceptors (Lipinski definition) is 8. The van der Waals surface area contributed by atoms with Gasteiger partial charge in [0, 0.05) is 30.0 Å². The third kappa shape index (κ3) is 25.9. The number of aliphatic imine (C=N–C) groups is 1. The van der Waals surface area contributed by atoms with E-state index >= 15 is 0 Å². The van der Waals surface area contributed by atoms with E-state index in [1.807, 2.05) is 98.7 Å². The quantitative estimate of drug-likeness (QED) is 0.0640. The predicted molar refractivity (Wildman–Crippen MR) is 211 cm³/mol. The van der Waals surface area contributed by atoms with Gasteiger partial charge in [-0.15, -0.1) is 0 Å². The zero-order valence-corrected chi connectivity index (χ0v) is 32.0. The van der Waals surface area contributed by atoms with Gasteiger partial charge in [-0.25, -0.2) is 4.79 Å². The van der Waals surface area contributed by atoms with Crippen molar-refractivity contribution < 1.29 is 19.7 Å². The molecule has 0 fully saturated rings. The molecule has 10 nitrogen and oxygen atoms in total. The number of benzene rings is 4. The van der Waals surface area contributed by atoms with Crippen LogP contribution in [0, 0.1) is 20.2 Å². The highest BCUT2D eigenvalue weighted by atomic mass is 16.6. The van der Waals surface area contributed by atoms with Gasteiger partial charge >= 0.3 is 0 Å². The Hall–Kier alpha value is -5.18. The number of isocyanates is 1. The molecule has 0 saturated carbocycles. The average Bonchev–Trinajstić information content (AvgIpc) is 3.19. The number of nitro groups is 2. The maximum Gasteiger partial charge on any atom is 0.269 e. The first-order chi connectivity index (χ1) is 24.2. The van der Waals surface area contributed by atoms with Crippen LogP contribution in [0.1, 0.15) is 98.4 Å². The molecule has 0 unspecified atom stereocenters. The van der Waals surface area contributed by atoms with Crippen LogP contribution < -0.4 is 5.73 Å². The number of rotatable bonds is 7. The Morgan fingerprint density at radius 2 is 0.840 bits per heavy atom. The van der Waals surface area contributed by atoms with Gasteiger partial charge in [-0.05, 0) is 77.9 Å². The predicted octanol–water partition coefficient (Wildman–Crippen LogP) is 11.4. The van der Waals surface area contributed by atoms with Gasteiger partial charge in [-0.3, -0.25) is 20.2 Å². The van der Waals surface area contributed by atoms with Gasteiger partial charge in [0.05, 0.1) is 22.1 Å². The SMILES string of the molecule is CC.CC.CC.CC.CCc1ccc(N)cc1.CCc1ccc(N=C=O)cc1.CCc1ccc([N+](=O)[O-])cc1.O=[N+]([O-])c1ccc(CO)cc1. The van der Waals surface area contributed by atoms with E-state index in [4.69, 9.17) is 10.8 Å². The Bertz CT molecular complexity index is 1280. The Kier molecular flexibility index (Phi) is 37.9. The lowest BCUT2D eigenvalue weighted by Crippen LogP contribution is -1.88. The summed E-state index contributed by atoms with van der Waals surface area (Å²) < 4.78 is 0. The summed E-state index contributed by atoms with van der Waals surface area (Å²) in [5, 5.41) is 28.9. The van der Waals surface area contributed by atoms with Crippen LogP contribution in [-0.4, -0.2) is 21.0 Å². The summed E-state index contributed by atoms with van der Waals surface area (Å²) >= 11 is 0. The molecule has 0 atom stereocenters. The first-order valence-corrected chi connectivity index (χ1v) is 17.3. The largest absolute Gasteiger partial charge is 0.399 e. The molecule has 4 rings (SSSR count). The number of anilines is 1. The van der Waals surface area contributed by atoms with E-state index in [2.05, 4.69) is 31.0 Å². The molecule has 50 heavy (non-hydrogen) atoms. The van der Waals surface area contributed by atoms with Crippen molar-refractivity contribution in [3.05, 3.63) is 140 Å². The summed E-state index contributed by atoms with van der Waals surface area (Å²) in [6.07, 6.45) is 4.50. The molecule has 0 radical (unpaired) electrons. The molecular weight excluding hydrogens is 632 g/mol. The number of nitrogens with two attached hydrogens (primary N) is 1. The van der Waals surface area contributed by atoms with Crippen molar-refractivity contribution in [2.45, 2.75) is 102 Å². The Morgan fingerprint density at radius 1 is 0.560 bits per heavy atom. The van der Waals surface area contributed by atoms with Gasteiger partial charge in [-0.1, -0.05) is 113 Å². The number of aliphatic hydroxyl groups is 1. The maximum atomic E-state index is 10.2. The maximum absolute atomic E-state index is 10.2. The second-order valence-corrected chi connectivity index (χ2v) is 8.68. The van der Waals surface area contributed by atoms with E-state index in [0.29, 0.717) is 11.3 Å². The minimum Gasteiger partial charge on any atom is -0.399 e. The number of carbonyl (C=O) groups excluding carboxylic acids is 1. The first kappa shape index (κ1) is 51.7. The number of nitrogen functional groups attached to an aromatic ring is 1. The summed E-state index contributed by atoms with van der Waals surface area (Å²) in [5.74, 6) is 0. The third-order valence-electron chi connectivity index (χ3n) is 5.79. The van der Waals surface area contributed by atoms with Crippen molar-refractivity contribution in [2.24, 2.45) is 4.99 Å². The molecule has 3 N–H and O–H groups in total. The van der Waals surface area contributed by atoms with Crippen molar-refractivity contribution >= 4 is 28.8 Å². The van der Waals surface area contributed by atoms with E-state index < -0.39 is 4.92 Å². The summed E-state index contributed by atoms with van der Waals surface area (Å²) in [7, 11) is 0. The second-order valence-electron chi connectivity index (χ2n) is 8.68. The van der Waals surface area contributed by atoms with Crippen molar-refractivity contribution in [2.75, 3.05) is 5.73 Å². The fraction of sp³-hybridized carbons (Fsp3) is 0.375. The third-order valence-corrected chi connectivity index (χ3v) is 5.79. The molecule has 0 aliphatic carbocycles. The van der Waals surface area contributed by atoms with Crippen LogP contribution in [0.3, 0.4) is 0 Å². The molecule has 0 heterocycles. The smallest absolute Gasteiger partial charge is 0.269 e. The zero-order valence-electron chi connectivity index (χ0n) is 32.0. The van der Waals surface area contributed by atoms with Gasteiger partial charge < -0.3 is 10.8 Å². The van der Waals surface area contributed by atoms with Crippen molar-refractivity contribution in [3.8, 4) is 0 Å². The summed E-state index contributed by atoms with van der Waals surface area (Å²) in [5.41, 5.74) is 11.6. The van der Waals surface area contributed by atoms with Crippen LogP contribution in [-0.2, 0) is 30.7 Å². The lowest BCUT2D eigenvalue weighted by molar-refractivity contribution is -0.385. The van der Waals surface area contributed by atoms with Gasteiger partial charge in [0.25, 0.3) is 11.4 Å². The average molecular weight is 693 g/mol. The number of hydrogen-bond donors (Lipinski definition) is 2. The fourth-order valence-electron chi connectivity index (χ4n) is 3.19. The Balaban J connectivity index is -0.000000264. The molecule has 10 heteroatoms. The van der Waals surface area contributed by atoms with Crippen LogP contribution in [0.5, 0.6) is 0 Å². The topological polar surface area (TPSA) is 162 Å². The van der Waals surface area contributed by atoms with E-state index in [9.17, 15) is 25.0 Å². The van der Waals surface area contributed by atoms with E-state index in [1.165, 1.54) is 53.6 Å². The molecule has 4 aromatic rings. The van der Waals surface area contributed by atoms with Crippen LogP contribution in [0.15, 0.2) is 102 Å². The summed E-state index contributed by atoms with van der Waals surface area (Å²) in [6.45, 7) is 22.1. The molecule has 0 aromatic heterocycles. The minimum absolute atomic E-state index is 0.0437. The summed E-state index contributed by atoms with van der Waals surface area (Å²) in [4.78, 5) is 32.8. The normalized spacial score (nSPS) is 8.32. The zero-order chi connectivity index (χ0) is 39.3. The van der Waals surface area contributed by atoms with Crippen molar-refractivity contribution in [1.29, 1.82) is 0 Å². The molecule has 276 valence electrons. The highest BCUT2D eigenvalue weighted by Crippen LogP contribution is 2.13. The lowest BCUT2D eigenvalue weighted by Gasteiger charge is -1.94. The highest BCUT2D eigenvalue weighted by Gasteiger charge is 2.03. The van der Waals surface area contributed by atoms with Crippen LogP contribution in [0.25, 0.3) is 0 Å². The van der Waals surface area contributed by atoms with Crippen molar-refractivity contribution in [3.63, 3.8) is 0 Å². The molecular formula is C40H60N4O6. The molecule has 0 bridgehead atoms. The fourth-order valence-corrected chi connectivity index (χ4v) is 3.19. The minimum atomic E-state index is -0.471. The van der Waals surface area contributed by atoms with Gasteiger partial charge in [0.15, 0.2) is 0 Å². The number of non-ortho nitro benzene ring substituents is 2. The highest BCUT2D eigenvalue weighted by molar-refractivity contribution is 5.49. The van der Waals surface area contributed by atoms with Crippen LogP contribution in [0.2, 0.25) is 0 Å². The van der Waals surface area contributed by atoms with Crippen LogP contribution in [0.4, 0.5) is 22.7 Å². The molecule has 4 aromatic carbocycles. The second kappa shape index (κ2) is 36.7. The summed E-state index contributed by atoms with van der Waals surface area (Å²) in [6, 6.07) is 27.9. The first-order valence-electron chi connectivity index (χ1n) is 17.3. The van der Waals surface area contributed by atoms with Gasteiger partial charge in [0.1, 0.15) is 0 Å². The molecule has 0 saturated heterocycles. The van der Waals surface area contributed by atoms with Gasteiger partial charge in [0.2, 0.25) is 6.08 Å². The number of nitro benzene ring substituents is 2. The van der Waals surface area contributed by atoms with E-state index in [-0.39, 0.29) is 22.9 Å². The molecule has 0 spiro atoms. The molecule has 0 amide bonds. The van der Waals surface area contributed by atoms with Crippen LogP contribution >= 0.6 is 0 Å². The lowest BCUT2D eigenvalue weighted by atomic mass is 10.2. The number of aliphatic hydroxyl groups excluding tert-OH is 1. The number of nitrogens with zero attached hydrogens (tertiary/aromatic N) is 3. The Labute approximate surface area is 300 Å². The van der Waals surface area contributed by atoms with E-state index in [1.54, 1.807) is 12.1 Å². The standard InChI is InChI=1S/C9H9NO.C8H9NO2.C8H11N.C7H7NO3.4C2H6/c1-2-8-3-5-9(6-4-8)10-7-11;1-2-7-3-5-8(6-4-7)9(10)11;1-2-7-3-5-8(9)6-4-7;9-5-6-1-3-7(4-2-6)8(10)11;4*1-2/h2*3-6H,2H2,1H3;3-6H,2,9H2,1H3;1-4,9H,5H2;4*1-2H3. The van der Waals surface area contributed by atoms with Crippen molar-refractivity contribution in [1.82, 2.24) is 0 Å². The molecule has 0 aliphatic rings.